The summed E-state index contributed by atoms with van der Waals surface area (Å²) >= 11 is 3.33. The molecular weight excluding hydrogens is 240 g/mol. The van der Waals surface area contributed by atoms with E-state index in [1.54, 1.807) is 23.1 Å². The normalized spacial score (nSPS) is 10.4. The lowest BCUT2D eigenvalue weighted by atomic mass is 10.3. The first-order valence-corrected chi connectivity index (χ1v) is 6.64. The lowest BCUT2D eigenvalue weighted by molar-refractivity contribution is 0.983. The lowest BCUT2D eigenvalue weighted by Crippen LogP contribution is -1.92. The molecule has 6 heteroatoms. The number of nitrogens with one attached hydrogen (secondary N) is 1. The number of aryl methyl sites for hydroxylation is 1. The lowest BCUT2D eigenvalue weighted by Gasteiger charge is -2.01. The summed E-state index contributed by atoms with van der Waals surface area (Å²) < 4.78 is 1.01. The Morgan fingerprint density at radius 1 is 1.44 bits per heavy atom. The first-order valence-electron chi connectivity index (χ1n) is 4.83. The predicted octanol–water partition coefficient (Wildman–Crippen LogP) is 2.58. The zero-order chi connectivity index (χ0) is 11.4. The third-order valence-corrected chi connectivity index (χ3v) is 3.99. The highest BCUT2D eigenvalue weighted by atomic mass is 32.2. The van der Waals surface area contributed by atoms with Crippen LogP contribution in [0.3, 0.4) is 0 Å². The number of nitrogens with zero attached hydrogens (tertiary/aromatic N) is 3. The fourth-order valence-corrected chi connectivity index (χ4v) is 2.94. The largest absolute Gasteiger partial charge is 0.373 e. The Balaban J connectivity index is 1.99. The molecule has 0 bridgehead atoms. The van der Waals surface area contributed by atoms with Crippen LogP contribution >= 0.6 is 23.1 Å². The summed E-state index contributed by atoms with van der Waals surface area (Å²) in [4.78, 5) is 4.17. The average molecular weight is 252 g/mol. The van der Waals surface area contributed by atoms with E-state index in [1.807, 2.05) is 32.3 Å². The van der Waals surface area contributed by atoms with Crippen molar-refractivity contribution in [2.45, 2.75) is 17.0 Å². The Labute approximate surface area is 103 Å². The summed E-state index contributed by atoms with van der Waals surface area (Å²) in [6.45, 7) is 1.97. The summed E-state index contributed by atoms with van der Waals surface area (Å²) in [5.74, 6) is 1.79. The Morgan fingerprint density at radius 3 is 3.00 bits per heavy atom. The van der Waals surface area contributed by atoms with Gasteiger partial charge in [0.1, 0.15) is 10.8 Å². The van der Waals surface area contributed by atoms with Crippen molar-refractivity contribution >= 4 is 28.9 Å². The summed E-state index contributed by atoms with van der Waals surface area (Å²) in [5.41, 5.74) is 1.23. The third kappa shape index (κ3) is 2.93. The molecular formula is C10H12N4S2. The fourth-order valence-electron chi connectivity index (χ4n) is 1.18. The van der Waals surface area contributed by atoms with Gasteiger partial charge in [-0.3, -0.25) is 0 Å². The Bertz CT molecular complexity index is 469. The molecule has 0 spiro atoms. The summed E-state index contributed by atoms with van der Waals surface area (Å²) in [6.07, 6.45) is 1.81. The molecule has 0 aromatic carbocycles. The van der Waals surface area contributed by atoms with Crippen molar-refractivity contribution in [1.29, 1.82) is 0 Å². The Hall–Kier alpha value is -1.14. The van der Waals surface area contributed by atoms with Crippen molar-refractivity contribution in [3.63, 3.8) is 0 Å². The SMILES string of the molecule is CNc1cc(CSc2nnc(C)s2)ccn1. The molecule has 0 saturated carbocycles. The summed E-state index contributed by atoms with van der Waals surface area (Å²) in [5, 5.41) is 12.1. The number of rotatable bonds is 4. The zero-order valence-electron chi connectivity index (χ0n) is 9.10. The first kappa shape index (κ1) is 11.3. The van der Waals surface area contributed by atoms with E-state index < -0.39 is 0 Å². The molecule has 0 aliphatic heterocycles. The van der Waals surface area contributed by atoms with Crippen LogP contribution in [-0.4, -0.2) is 22.2 Å². The van der Waals surface area contributed by atoms with E-state index in [9.17, 15) is 0 Å². The van der Waals surface area contributed by atoms with Crippen molar-refractivity contribution in [3.8, 4) is 0 Å². The Morgan fingerprint density at radius 2 is 2.31 bits per heavy atom. The molecule has 2 aromatic rings. The molecule has 0 aliphatic rings. The van der Waals surface area contributed by atoms with Crippen molar-refractivity contribution in [2.75, 3.05) is 12.4 Å². The predicted molar refractivity (Wildman–Crippen MR) is 68.0 cm³/mol. The molecule has 2 rings (SSSR count). The molecule has 16 heavy (non-hydrogen) atoms. The van der Waals surface area contributed by atoms with Crippen LogP contribution in [0.5, 0.6) is 0 Å². The molecule has 0 fully saturated rings. The molecule has 2 heterocycles. The number of aromatic nitrogens is 3. The first-order chi connectivity index (χ1) is 7.78. The van der Waals surface area contributed by atoms with Gasteiger partial charge in [0.05, 0.1) is 0 Å². The number of pyridine rings is 1. The zero-order valence-corrected chi connectivity index (χ0v) is 10.7. The van der Waals surface area contributed by atoms with Crippen LogP contribution in [-0.2, 0) is 5.75 Å². The van der Waals surface area contributed by atoms with Gasteiger partial charge in [-0.1, -0.05) is 23.1 Å². The molecule has 4 nitrogen and oxygen atoms in total. The average Bonchev–Trinajstić information content (AvgIpc) is 2.73. The van der Waals surface area contributed by atoms with Gasteiger partial charge < -0.3 is 5.32 Å². The second-order valence-electron chi connectivity index (χ2n) is 3.17. The monoisotopic (exact) mass is 252 g/mol. The maximum Gasteiger partial charge on any atom is 0.174 e. The second kappa shape index (κ2) is 5.27. The highest BCUT2D eigenvalue weighted by Gasteiger charge is 2.02. The van der Waals surface area contributed by atoms with Crippen LogP contribution in [0.2, 0.25) is 0 Å². The van der Waals surface area contributed by atoms with E-state index in [-0.39, 0.29) is 0 Å². The van der Waals surface area contributed by atoms with Crippen molar-refractivity contribution < 1.29 is 0 Å². The minimum Gasteiger partial charge on any atom is -0.373 e. The molecule has 0 atom stereocenters. The van der Waals surface area contributed by atoms with Crippen LogP contribution < -0.4 is 5.32 Å². The van der Waals surface area contributed by atoms with Gasteiger partial charge in [-0.05, 0) is 24.6 Å². The fraction of sp³-hybridized carbons (Fsp3) is 0.300. The van der Waals surface area contributed by atoms with Crippen LogP contribution in [0, 0.1) is 6.92 Å². The smallest absolute Gasteiger partial charge is 0.174 e. The van der Waals surface area contributed by atoms with Crippen LogP contribution in [0.15, 0.2) is 22.7 Å². The molecule has 0 saturated heterocycles. The van der Waals surface area contributed by atoms with Gasteiger partial charge in [-0.2, -0.15) is 0 Å². The highest BCUT2D eigenvalue weighted by molar-refractivity contribution is 8.00. The van der Waals surface area contributed by atoms with Gasteiger partial charge in [0.25, 0.3) is 0 Å². The van der Waals surface area contributed by atoms with Crippen molar-refractivity contribution in [2.24, 2.45) is 0 Å². The minimum atomic E-state index is 0.895. The number of hydrogen-bond acceptors (Lipinski definition) is 6. The van der Waals surface area contributed by atoms with E-state index in [0.29, 0.717) is 0 Å². The van der Waals surface area contributed by atoms with Gasteiger partial charge >= 0.3 is 0 Å². The second-order valence-corrected chi connectivity index (χ2v) is 5.58. The van der Waals surface area contributed by atoms with Gasteiger partial charge in [0.15, 0.2) is 4.34 Å². The molecule has 84 valence electrons. The van der Waals surface area contributed by atoms with E-state index >= 15 is 0 Å². The van der Waals surface area contributed by atoms with Gasteiger partial charge in [0.2, 0.25) is 0 Å². The number of hydrogen-bond donors (Lipinski definition) is 1. The summed E-state index contributed by atoms with van der Waals surface area (Å²) in [6, 6.07) is 4.06. The molecule has 2 aromatic heterocycles. The van der Waals surface area contributed by atoms with Crippen LogP contribution in [0.25, 0.3) is 0 Å². The van der Waals surface area contributed by atoms with Crippen molar-refractivity contribution in [1.82, 2.24) is 15.2 Å². The maximum atomic E-state index is 4.17. The molecule has 0 radical (unpaired) electrons. The third-order valence-electron chi connectivity index (χ3n) is 1.95. The van der Waals surface area contributed by atoms with E-state index in [2.05, 4.69) is 20.5 Å². The van der Waals surface area contributed by atoms with Crippen molar-refractivity contribution in [3.05, 3.63) is 28.9 Å². The Kier molecular flexibility index (Phi) is 3.74. The summed E-state index contributed by atoms with van der Waals surface area (Å²) in [7, 11) is 1.87. The molecule has 1 N–H and O–H groups in total. The molecule has 0 amide bonds. The quantitative estimate of drug-likeness (QED) is 0.848. The van der Waals surface area contributed by atoms with Gasteiger partial charge in [-0.25, -0.2) is 4.98 Å². The van der Waals surface area contributed by atoms with Crippen LogP contribution in [0.4, 0.5) is 5.82 Å². The molecule has 0 aliphatic carbocycles. The van der Waals surface area contributed by atoms with Gasteiger partial charge in [-0.15, -0.1) is 10.2 Å². The van der Waals surface area contributed by atoms with Gasteiger partial charge in [0, 0.05) is 19.0 Å². The van der Waals surface area contributed by atoms with E-state index in [0.717, 1.165) is 20.9 Å². The van der Waals surface area contributed by atoms with E-state index in [4.69, 9.17) is 0 Å². The number of thioether (sulfide) groups is 1. The minimum absolute atomic E-state index is 0.895. The highest BCUT2D eigenvalue weighted by Crippen LogP contribution is 2.25. The van der Waals surface area contributed by atoms with Crippen LogP contribution in [0.1, 0.15) is 10.6 Å². The number of anilines is 1. The standard InChI is InChI=1S/C10H12N4S2/c1-7-13-14-10(16-7)15-6-8-3-4-12-9(5-8)11-2/h3-5H,6H2,1-2H3,(H,11,12). The maximum absolute atomic E-state index is 4.17. The topological polar surface area (TPSA) is 50.7 Å². The molecule has 0 unspecified atom stereocenters. The van der Waals surface area contributed by atoms with E-state index in [1.165, 1.54) is 5.56 Å².